The normalized spacial score (nSPS) is 14.2. The molecule has 0 amide bonds. The van der Waals surface area contributed by atoms with Gasteiger partial charge in [-0.1, -0.05) is 6.58 Å². The molecule has 0 bridgehead atoms. The number of esters is 1. The van der Waals surface area contributed by atoms with Crippen LogP contribution in [0.2, 0.25) is 0 Å². The summed E-state index contributed by atoms with van der Waals surface area (Å²) in [6.45, 7) is 3.36. The molecule has 0 aliphatic rings. The third kappa shape index (κ3) is 3.50. The summed E-state index contributed by atoms with van der Waals surface area (Å²) in [5, 5.41) is -6.96. The van der Waals surface area contributed by atoms with Crippen LogP contribution in [0.5, 0.6) is 0 Å². The van der Waals surface area contributed by atoms with E-state index in [4.69, 9.17) is 0 Å². The van der Waals surface area contributed by atoms with E-state index in [-0.39, 0.29) is 7.05 Å². The maximum absolute atomic E-state index is 13.5. The molecule has 0 aliphatic heterocycles. The van der Waals surface area contributed by atoms with Crippen LogP contribution in [0, 0.1) is 0 Å². The van der Waals surface area contributed by atoms with E-state index >= 15 is 0 Å². The first-order chi connectivity index (χ1) is 10.8. The summed E-state index contributed by atoms with van der Waals surface area (Å²) in [7, 11) is -6.91. The molecule has 0 fully saturated rings. The molecule has 0 saturated heterocycles. The SMILES string of the molecule is C=C(C(=O)OCC)N(C)S(=O)(=O)C(F)(F)C(F)(F)C(F)(F)C(F)(F)F. The van der Waals surface area contributed by atoms with Crippen molar-refractivity contribution in [2.75, 3.05) is 13.7 Å². The van der Waals surface area contributed by atoms with Gasteiger partial charge in [-0.2, -0.15) is 47.9 Å². The van der Waals surface area contributed by atoms with Gasteiger partial charge in [0.25, 0.3) is 0 Å². The van der Waals surface area contributed by atoms with Gasteiger partial charge in [-0.3, -0.25) is 4.31 Å². The standard InChI is InChI=1S/C10H10F9NO4S/c1-4-24-6(21)5(2)20(3)25(22,23)10(18,19)8(13,14)7(11,12)9(15,16)17/h2,4H2,1,3H3. The number of carbonyl (C=O) groups excluding carboxylic acids is 1. The molecule has 0 aliphatic carbocycles. The number of halogens is 9. The molecule has 15 heteroatoms. The van der Waals surface area contributed by atoms with E-state index in [9.17, 15) is 52.7 Å². The Bertz CT molecular complexity index is 641. The first-order valence-corrected chi connectivity index (χ1v) is 7.29. The van der Waals surface area contributed by atoms with Crippen LogP contribution in [0.25, 0.3) is 0 Å². The van der Waals surface area contributed by atoms with Crippen LogP contribution in [0.15, 0.2) is 12.3 Å². The van der Waals surface area contributed by atoms with Crippen molar-refractivity contribution < 1.29 is 57.5 Å². The van der Waals surface area contributed by atoms with Crippen molar-refractivity contribution in [2.24, 2.45) is 0 Å². The van der Waals surface area contributed by atoms with Crippen LogP contribution in [0.4, 0.5) is 39.5 Å². The van der Waals surface area contributed by atoms with Gasteiger partial charge in [0, 0.05) is 7.05 Å². The van der Waals surface area contributed by atoms with Crippen molar-refractivity contribution in [1.29, 1.82) is 0 Å². The van der Waals surface area contributed by atoms with E-state index in [0.29, 0.717) is 0 Å². The van der Waals surface area contributed by atoms with Gasteiger partial charge in [0.1, 0.15) is 5.70 Å². The lowest BCUT2D eigenvalue weighted by molar-refractivity contribution is -0.382. The maximum Gasteiger partial charge on any atom is 0.460 e. The molecule has 0 unspecified atom stereocenters. The smallest absolute Gasteiger partial charge is 0.460 e. The fourth-order valence-electron chi connectivity index (χ4n) is 1.18. The van der Waals surface area contributed by atoms with Crippen molar-refractivity contribution in [3.63, 3.8) is 0 Å². The second-order valence-electron chi connectivity index (χ2n) is 4.30. The van der Waals surface area contributed by atoms with Gasteiger partial charge in [-0.05, 0) is 6.92 Å². The van der Waals surface area contributed by atoms with Crippen molar-refractivity contribution in [2.45, 2.75) is 30.2 Å². The summed E-state index contributed by atoms with van der Waals surface area (Å²) in [5.41, 5.74) is -1.52. The Kier molecular flexibility index (Phi) is 6.13. The molecule has 0 N–H and O–H groups in total. The second-order valence-corrected chi connectivity index (χ2v) is 6.31. The molecular weight excluding hydrogens is 401 g/mol. The van der Waals surface area contributed by atoms with Crippen LogP contribution in [-0.4, -0.2) is 55.6 Å². The number of rotatable bonds is 7. The first kappa shape index (κ1) is 23.3. The van der Waals surface area contributed by atoms with Gasteiger partial charge in [0.2, 0.25) is 0 Å². The minimum atomic E-state index is -7.40. The van der Waals surface area contributed by atoms with Crippen LogP contribution >= 0.6 is 0 Å². The first-order valence-electron chi connectivity index (χ1n) is 5.85. The Morgan fingerprint density at radius 3 is 1.72 bits per heavy atom. The van der Waals surface area contributed by atoms with Gasteiger partial charge >= 0.3 is 39.3 Å². The molecule has 0 aromatic rings. The molecule has 0 aromatic heterocycles. The van der Waals surface area contributed by atoms with E-state index in [1.165, 1.54) is 6.92 Å². The average molecular weight is 411 g/mol. The van der Waals surface area contributed by atoms with Gasteiger partial charge in [0.05, 0.1) is 6.61 Å². The second kappa shape index (κ2) is 6.57. The number of alkyl halides is 9. The van der Waals surface area contributed by atoms with Gasteiger partial charge in [-0.15, -0.1) is 0 Å². The number of likely N-dealkylation sites (N-methyl/N-ethyl adjacent to an activating group) is 1. The van der Waals surface area contributed by atoms with Crippen LogP contribution in [0.1, 0.15) is 6.92 Å². The third-order valence-electron chi connectivity index (χ3n) is 2.69. The van der Waals surface area contributed by atoms with E-state index in [1.54, 1.807) is 0 Å². The maximum atomic E-state index is 13.5. The molecule has 0 saturated carbocycles. The largest absolute Gasteiger partial charge is 0.461 e. The Morgan fingerprint density at radius 1 is 1.00 bits per heavy atom. The fraction of sp³-hybridized carbons (Fsp3) is 0.700. The highest BCUT2D eigenvalue weighted by Crippen LogP contribution is 2.55. The average Bonchev–Trinajstić information content (AvgIpc) is 2.43. The van der Waals surface area contributed by atoms with Gasteiger partial charge in [0.15, 0.2) is 0 Å². The number of nitrogens with zero attached hydrogens (tertiary/aromatic N) is 1. The summed E-state index contributed by atoms with van der Waals surface area (Å²) >= 11 is 0. The van der Waals surface area contributed by atoms with E-state index in [0.717, 1.165) is 0 Å². The molecule has 0 radical (unpaired) electrons. The summed E-state index contributed by atoms with van der Waals surface area (Å²) in [4.78, 5) is 11.2. The number of hydrogen-bond acceptors (Lipinski definition) is 4. The highest BCUT2D eigenvalue weighted by molar-refractivity contribution is 7.90. The zero-order valence-corrected chi connectivity index (χ0v) is 13.1. The molecule has 0 atom stereocenters. The number of carbonyl (C=O) groups is 1. The minimum absolute atomic E-state index is 0.0182. The fourth-order valence-corrected chi connectivity index (χ4v) is 2.34. The van der Waals surface area contributed by atoms with E-state index in [2.05, 4.69) is 11.3 Å². The summed E-state index contributed by atoms with van der Waals surface area (Å²) in [6, 6.07) is 0. The molecule has 0 rings (SSSR count). The number of sulfonamides is 1. The Balaban J connectivity index is 6.15. The molecule has 5 nitrogen and oxygen atoms in total. The molecule has 0 aromatic carbocycles. The molecule has 0 spiro atoms. The summed E-state index contributed by atoms with van der Waals surface area (Å²) < 4.78 is 141. The van der Waals surface area contributed by atoms with Crippen molar-refractivity contribution in [3.05, 3.63) is 12.3 Å². The molecule has 0 heterocycles. The van der Waals surface area contributed by atoms with Crippen LogP contribution in [0.3, 0.4) is 0 Å². The Hall–Kier alpha value is -1.67. The van der Waals surface area contributed by atoms with Crippen molar-refractivity contribution in [3.8, 4) is 0 Å². The van der Waals surface area contributed by atoms with E-state index < -0.39 is 55.9 Å². The van der Waals surface area contributed by atoms with Crippen LogP contribution in [-0.2, 0) is 19.6 Å². The van der Waals surface area contributed by atoms with Gasteiger partial charge < -0.3 is 4.74 Å². The third-order valence-corrected chi connectivity index (χ3v) is 4.54. The van der Waals surface area contributed by atoms with E-state index in [1.807, 2.05) is 0 Å². The topological polar surface area (TPSA) is 63.7 Å². The number of ether oxygens (including phenoxy) is 1. The molecule has 148 valence electrons. The lowest BCUT2D eigenvalue weighted by Crippen LogP contribution is -2.65. The van der Waals surface area contributed by atoms with Crippen LogP contribution < -0.4 is 0 Å². The molecule has 25 heavy (non-hydrogen) atoms. The predicted molar refractivity (Wildman–Crippen MR) is 63.4 cm³/mol. The lowest BCUT2D eigenvalue weighted by atomic mass is 10.1. The Labute approximate surface area is 135 Å². The van der Waals surface area contributed by atoms with Crippen molar-refractivity contribution in [1.82, 2.24) is 4.31 Å². The van der Waals surface area contributed by atoms with Gasteiger partial charge in [-0.25, -0.2) is 4.79 Å². The number of hydrogen-bond donors (Lipinski definition) is 0. The summed E-state index contributed by atoms with van der Waals surface area (Å²) in [6.07, 6.45) is -7.19. The summed E-state index contributed by atoms with van der Waals surface area (Å²) in [5.74, 6) is -16.5. The molecular formula is C10H10F9NO4S. The predicted octanol–water partition coefficient (Wildman–Crippen LogP) is 2.75. The monoisotopic (exact) mass is 411 g/mol. The quantitative estimate of drug-likeness (QED) is 0.367. The lowest BCUT2D eigenvalue weighted by Gasteiger charge is -2.35. The minimum Gasteiger partial charge on any atom is -0.461 e. The highest BCUT2D eigenvalue weighted by atomic mass is 32.2. The zero-order chi connectivity index (χ0) is 20.6. The zero-order valence-electron chi connectivity index (χ0n) is 12.3. The highest BCUT2D eigenvalue weighted by Gasteiger charge is 2.85. The van der Waals surface area contributed by atoms with Crippen molar-refractivity contribution >= 4 is 16.0 Å². The Morgan fingerprint density at radius 2 is 1.40 bits per heavy atom.